The van der Waals surface area contributed by atoms with Crippen molar-refractivity contribution < 1.29 is 4.79 Å². The zero-order chi connectivity index (χ0) is 19.2. The van der Waals surface area contributed by atoms with Crippen molar-refractivity contribution in [2.75, 3.05) is 44.2 Å². The first-order chi connectivity index (χ1) is 13.8. The third-order valence-corrected chi connectivity index (χ3v) is 5.84. The van der Waals surface area contributed by atoms with Crippen LogP contribution in [0.1, 0.15) is 41.7 Å². The molecule has 2 aliphatic heterocycles. The summed E-state index contributed by atoms with van der Waals surface area (Å²) < 4.78 is 0. The number of likely N-dealkylation sites (tertiary alicyclic amines) is 1. The molecule has 2 fully saturated rings. The highest BCUT2D eigenvalue weighted by Crippen LogP contribution is 2.20. The molecule has 0 radical (unpaired) electrons. The van der Waals surface area contributed by atoms with E-state index in [4.69, 9.17) is 0 Å². The van der Waals surface area contributed by atoms with E-state index in [2.05, 4.69) is 45.1 Å². The number of piperazine rings is 1. The summed E-state index contributed by atoms with van der Waals surface area (Å²) in [5, 5.41) is 0. The number of pyridine rings is 1. The zero-order valence-corrected chi connectivity index (χ0v) is 16.6. The van der Waals surface area contributed by atoms with E-state index >= 15 is 0 Å². The Bertz CT molecular complexity index is 763. The lowest BCUT2D eigenvalue weighted by Crippen LogP contribution is -2.46. The summed E-state index contributed by atoms with van der Waals surface area (Å²) in [5.74, 6) is 0.0893. The van der Waals surface area contributed by atoms with Gasteiger partial charge in [-0.25, -0.2) is 0 Å². The largest absolute Gasteiger partial charge is 0.369 e. The molecule has 148 valence electrons. The van der Waals surface area contributed by atoms with Crippen LogP contribution in [0.2, 0.25) is 0 Å². The van der Waals surface area contributed by atoms with E-state index < -0.39 is 0 Å². The molecule has 2 aliphatic rings. The minimum absolute atomic E-state index is 0.0893. The van der Waals surface area contributed by atoms with E-state index in [1.54, 1.807) is 6.20 Å². The van der Waals surface area contributed by atoms with Gasteiger partial charge in [0.15, 0.2) is 0 Å². The van der Waals surface area contributed by atoms with E-state index in [0.29, 0.717) is 5.69 Å². The first kappa shape index (κ1) is 18.9. The molecule has 0 saturated carbocycles. The summed E-state index contributed by atoms with van der Waals surface area (Å²) in [4.78, 5) is 24.1. The number of amides is 1. The topological polar surface area (TPSA) is 39.7 Å². The third-order valence-electron chi connectivity index (χ3n) is 5.84. The number of carbonyl (C=O) groups excluding carboxylic acids is 1. The molecule has 5 nitrogen and oxygen atoms in total. The van der Waals surface area contributed by atoms with Crippen LogP contribution >= 0.6 is 0 Å². The Hall–Kier alpha value is -2.40. The van der Waals surface area contributed by atoms with E-state index in [1.807, 2.05) is 17.0 Å². The minimum atomic E-state index is 0.0893. The van der Waals surface area contributed by atoms with Crippen LogP contribution < -0.4 is 4.90 Å². The van der Waals surface area contributed by atoms with Gasteiger partial charge in [0.1, 0.15) is 5.69 Å². The fourth-order valence-electron chi connectivity index (χ4n) is 4.17. The number of rotatable bonds is 4. The number of aromatic nitrogens is 1. The number of anilines is 1. The molecule has 3 heterocycles. The minimum Gasteiger partial charge on any atom is -0.369 e. The lowest BCUT2D eigenvalue weighted by Gasteiger charge is -2.36. The molecular formula is C23H30N4O. The van der Waals surface area contributed by atoms with Gasteiger partial charge in [-0.15, -0.1) is 0 Å². The van der Waals surface area contributed by atoms with Gasteiger partial charge in [0.2, 0.25) is 0 Å². The van der Waals surface area contributed by atoms with E-state index in [0.717, 1.165) is 64.3 Å². The van der Waals surface area contributed by atoms with Gasteiger partial charge in [0.05, 0.1) is 0 Å². The Morgan fingerprint density at radius 1 is 0.857 bits per heavy atom. The molecule has 2 saturated heterocycles. The molecule has 28 heavy (non-hydrogen) atoms. The van der Waals surface area contributed by atoms with Gasteiger partial charge < -0.3 is 9.80 Å². The summed E-state index contributed by atoms with van der Waals surface area (Å²) in [7, 11) is 0. The zero-order valence-electron chi connectivity index (χ0n) is 16.6. The van der Waals surface area contributed by atoms with Crippen molar-refractivity contribution in [2.24, 2.45) is 0 Å². The molecule has 4 rings (SSSR count). The second kappa shape index (κ2) is 9.20. The monoisotopic (exact) mass is 378 g/mol. The molecule has 0 spiro atoms. The summed E-state index contributed by atoms with van der Waals surface area (Å²) in [6, 6.07) is 14.7. The standard InChI is InChI=1S/C23H30N4O/c28-23(27-12-6-1-2-7-13-27)22-18-21(10-11-24-22)26-16-14-25(15-17-26)19-20-8-4-3-5-9-20/h3-5,8-11,18H,1-2,6-7,12-17,19H2. The van der Waals surface area contributed by atoms with Gasteiger partial charge in [-0.05, 0) is 30.5 Å². The summed E-state index contributed by atoms with van der Waals surface area (Å²) in [6.45, 7) is 6.76. The number of nitrogens with zero attached hydrogens (tertiary/aromatic N) is 4. The molecular weight excluding hydrogens is 348 g/mol. The number of hydrogen-bond donors (Lipinski definition) is 0. The van der Waals surface area contributed by atoms with Crippen LogP contribution in [-0.4, -0.2) is 60.0 Å². The summed E-state index contributed by atoms with van der Waals surface area (Å²) in [6.07, 6.45) is 6.45. The van der Waals surface area contributed by atoms with Gasteiger partial charge in [-0.2, -0.15) is 0 Å². The molecule has 5 heteroatoms. The molecule has 1 aromatic heterocycles. The molecule has 1 aromatic carbocycles. The predicted octanol–water partition coefficient (Wildman–Crippen LogP) is 3.42. The molecule has 0 unspecified atom stereocenters. The van der Waals surface area contributed by atoms with Crippen molar-refractivity contribution in [1.29, 1.82) is 0 Å². The Morgan fingerprint density at radius 3 is 2.29 bits per heavy atom. The van der Waals surface area contributed by atoms with Crippen molar-refractivity contribution in [3.63, 3.8) is 0 Å². The quantitative estimate of drug-likeness (QED) is 0.817. The number of hydrogen-bond acceptors (Lipinski definition) is 4. The van der Waals surface area contributed by atoms with Crippen molar-refractivity contribution in [3.05, 3.63) is 59.9 Å². The molecule has 0 bridgehead atoms. The van der Waals surface area contributed by atoms with Crippen LogP contribution in [0.25, 0.3) is 0 Å². The number of benzene rings is 1. The predicted molar refractivity (Wildman–Crippen MR) is 113 cm³/mol. The van der Waals surface area contributed by atoms with Crippen LogP contribution in [0, 0.1) is 0 Å². The molecule has 0 atom stereocenters. The highest BCUT2D eigenvalue weighted by atomic mass is 16.2. The van der Waals surface area contributed by atoms with Gasteiger partial charge in [0.25, 0.3) is 5.91 Å². The molecule has 0 aliphatic carbocycles. The lowest BCUT2D eigenvalue weighted by molar-refractivity contribution is 0.0756. The van der Waals surface area contributed by atoms with Crippen LogP contribution in [0.3, 0.4) is 0 Å². The fourth-order valence-corrected chi connectivity index (χ4v) is 4.17. The van der Waals surface area contributed by atoms with Crippen LogP contribution in [0.15, 0.2) is 48.7 Å². The van der Waals surface area contributed by atoms with E-state index in [-0.39, 0.29) is 5.91 Å². The second-order valence-electron chi connectivity index (χ2n) is 7.85. The first-order valence-corrected chi connectivity index (χ1v) is 10.6. The van der Waals surface area contributed by atoms with Gasteiger partial charge >= 0.3 is 0 Å². The Balaban J connectivity index is 1.36. The lowest BCUT2D eigenvalue weighted by atomic mass is 10.2. The normalized spacial score (nSPS) is 18.7. The Morgan fingerprint density at radius 2 is 1.57 bits per heavy atom. The van der Waals surface area contributed by atoms with Crippen LogP contribution in [0.5, 0.6) is 0 Å². The van der Waals surface area contributed by atoms with Crippen molar-refractivity contribution in [2.45, 2.75) is 32.2 Å². The molecule has 1 amide bonds. The third kappa shape index (κ3) is 4.71. The van der Waals surface area contributed by atoms with Crippen LogP contribution in [-0.2, 0) is 6.54 Å². The van der Waals surface area contributed by atoms with Gasteiger partial charge in [-0.1, -0.05) is 43.2 Å². The smallest absolute Gasteiger partial charge is 0.272 e. The maximum absolute atomic E-state index is 12.9. The SMILES string of the molecule is O=C(c1cc(N2CCN(Cc3ccccc3)CC2)ccn1)N1CCCCCC1. The number of carbonyl (C=O) groups is 1. The maximum Gasteiger partial charge on any atom is 0.272 e. The highest BCUT2D eigenvalue weighted by Gasteiger charge is 2.21. The fraction of sp³-hybridized carbons (Fsp3) is 0.478. The Kier molecular flexibility index (Phi) is 6.22. The van der Waals surface area contributed by atoms with E-state index in [9.17, 15) is 4.79 Å². The summed E-state index contributed by atoms with van der Waals surface area (Å²) in [5.41, 5.74) is 3.07. The summed E-state index contributed by atoms with van der Waals surface area (Å²) >= 11 is 0. The van der Waals surface area contributed by atoms with Crippen LogP contribution in [0.4, 0.5) is 5.69 Å². The second-order valence-corrected chi connectivity index (χ2v) is 7.85. The molecule has 0 N–H and O–H groups in total. The maximum atomic E-state index is 12.9. The van der Waals surface area contributed by atoms with Crippen molar-refractivity contribution in [1.82, 2.24) is 14.8 Å². The first-order valence-electron chi connectivity index (χ1n) is 10.6. The average Bonchev–Trinajstić information content (AvgIpc) is 3.04. The van der Waals surface area contributed by atoms with Crippen molar-refractivity contribution >= 4 is 11.6 Å². The van der Waals surface area contributed by atoms with E-state index in [1.165, 1.54) is 18.4 Å². The van der Waals surface area contributed by atoms with Crippen molar-refractivity contribution in [3.8, 4) is 0 Å². The Labute approximate surface area is 168 Å². The van der Waals surface area contributed by atoms with Gasteiger partial charge in [-0.3, -0.25) is 14.7 Å². The average molecular weight is 379 g/mol. The highest BCUT2D eigenvalue weighted by molar-refractivity contribution is 5.93. The molecule has 2 aromatic rings. The van der Waals surface area contributed by atoms with Gasteiger partial charge in [0, 0.05) is 57.7 Å².